The summed E-state index contributed by atoms with van der Waals surface area (Å²) >= 11 is 0. The molecule has 0 aliphatic heterocycles. The Kier molecular flexibility index (Phi) is 9.43. The van der Waals surface area contributed by atoms with Crippen LogP contribution in [0.5, 0.6) is 0 Å². The van der Waals surface area contributed by atoms with Gasteiger partial charge in [-0.25, -0.2) is 0 Å². The third-order valence-electron chi connectivity index (χ3n) is 2.39. The first-order chi connectivity index (χ1) is 8.10. The topological polar surface area (TPSA) is 69.6 Å². The number of hydrogen-bond acceptors (Lipinski definition) is 3. The van der Waals surface area contributed by atoms with Crippen LogP contribution in [0.2, 0.25) is 0 Å². The number of carbonyl (C=O) groups excluding carboxylic acids is 1. The van der Waals surface area contributed by atoms with Crippen molar-refractivity contribution in [3.8, 4) is 0 Å². The van der Waals surface area contributed by atoms with Crippen LogP contribution in [0.25, 0.3) is 0 Å². The number of carbonyl (C=O) groups is 2. The van der Waals surface area contributed by atoms with Gasteiger partial charge in [-0.05, 0) is 38.9 Å². The van der Waals surface area contributed by atoms with Crippen molar-refractivity contribution in [1.82, 2.24) is 10.2 Å². The van der Waals surface area contributed by atoms with Gasteiger partial charge in [-0.3, -0.25) is 9.59 Å². The Hall–Kier alpha value is -1.10. The van der Waals surface area contributed by atoms with Crippen LogP contribution in [0.3, 0.4) is 0 Å². The van der Waals surface area contributed by atoms with Crippen LogP contribution in [0, 0.1) is 0 Å². The molecule has 0 aliphatic rings. The first-order valence-corrected chi connectivity index (χ1v) is 6.31. The van der Waals surface area contributed by atoms with Crippen molar-refractivity contribution in [2.75, 3.05) is 26.2 Å². The van der Waals surface area contributed by atoms with E-state index in [1.54, 1.807) is 0 Å². The molecule has 5 nitrogen and oxygen atoms in total. The predicted octanol–water partition coefficient (Wildman–Crippen LogP) is 1.09. The first-order valence-electron chi connectivity index (χ1n) is 6.31. The number of hydrogen-bond donors (Lipinski definition) is 2. The van der Waals surface area contributed by atoms with E-state index in [0.29, 0.717) is 6.42 Å². The van der Waals surface area contributed by atoms with Gasteiger partial charge < -0.3 is 15.3 Å². The average Bonchev–Trinajstić information content (AvgIpc) is 2.27. The molecule has 0 aromatic carbocycles. The highest BCUT2D eigenvalue weighted by Gasteiger charge is 2.06. The van der Waals surface area contributed by atoms with Crippen molar-refractivity contribution in [3.05, 3.63) is 0 Å². The van der Waals surface area contributed by atoms with Crippen molar-refractivity contribution < 1.29 is 14.7 Å². The maximum Gasteiger partial charge on any atom is 0.322 e. The second-order valence-corrected chi connectivity index (χ2v) is 4.12. The fourth-order valence-corrected chi connectivity index (χ4v) is 1.69. The SMILES string of the molecule is CCCN(CCC)CCCC(=O)NCC(=O)O. The Morgan fingerprint density at radius 1 is 1.12 bits per heavy atom. The molecular weight excluding hydrogens is 220 g/mol. The van der Waals surface area contributed by atoms with Gasteiger partial charge in [0.05, 0.1) is 0 Å². The zero-order valence-corrected chi connectivity index (χ0v) is 10.9. The lowest BCUT2D eigenvalue weighted by Gasteiger charge is -2.20. The second-order valence-electron chi connectivity index (χ2n) is 4.12. The third-order valence-corrected chi connectivity index (χ3v) is 2.39. The minimum atomic E-state index is -1.00. The average molecular weight is 244 g/mol. The number of nitrogens with one attached hydrogen (secondary N) is 1. The maximum absolute atomic E-state index is 11.3. The van der Waals surface area contributed by atoms with E-state index in [0.717, 1.165) is 38.9 Å². The highest BCUT2D eigenvalue weighted by Crippen LogP contribution is 1.98. The Morgan fingerprint density at radius 3 is 2.18 bits per heavy atom. The summed E-state index contributed by atoms with van der Waals surface area (Å²) in [4.78, 5) is 23.8. The lowest BCUT2D eigenvalue weighted by molar-refractivity contribution is -0.137. The largest absolute Gasteiger partial charge is 0.480 e. The molecule has 0 spiro atoms. The van der Waals surface area contributed by atoms with E-state index in [4.69, 9.17) is 5.11 Å². The van der Waals surface area contributed by atoms with Crippen LogP contribution in [0.15, 0.2) is 0 Å². The molecule has 5 heteroatoms. The number of carboxylic acids is 1. The molecule has 0 bridgehead atoms. The molecule has 0 rings (SSSR count). The molecule has 0 unspecified atom stereocenters. The summed E-state index contributed by atoms with van der Waals surface area (Å²) in [6.45, 7) is 7.02. The van der Waals surface area contributed by atoms with Crippen molar-refractivity contribution >= 4 is 11.9 Å². The monoisotopic (exact) mass is 244 g/mol. The summed E-state index contributed by atoms with van der Waals surface area (Å²) < 4.78 is 0. The fourth-order valence-electron chi connectivity index (χ4n) is 1.69. The Morgan fingerprint density at radius 2 is 1.71 bits per heavy atom. The van der Waals surface area contributed by atoms with Crippen LogP contribution in [0.4, 0.5) is 0 Å². The number of carboxylic acid groups (broad SMARTS) is 1. The standard InChI is InChI=1S/C12H24N2O3/c1-3-7-14(8-4-2)9-5-6-11(15)13-10-12(16)17/h3-10H2,1-2H3,(H,13,15)(H,16,17). The third kappa shape index (κ3) is 9.81. The maximum atomic E-state index is 11.3. The van der Waals surface area contributed by atoms with Gasteiger partial charge >= 0.3 is 5.97 Å². The van der Waals surface area contributed by atoms with Crippen LogP contribution < -0.4 is 5.32 Å². The van der Waals surface area contributed by atoms with Crippen LogP contribution in [0.1, 0.15) is 39.5 Å². The van der Waals surface area contributed by atoms with Gasteiger partial charge in [0, 0.05) is 6.42 Å². The molecule has 0 fully saturated rings. The molecular formula is C12H24N2O3. The van der Waals surface area contributed by atoms with Gasteiger partial charge in [-0.15, -0.1) is 0 Å². The van der Waals surface area contributed by atoms with Gasteiger partial charge in [-0.1, -0.05) is 13.8 Å². The first kappa shape index (κ1) is 15.9. The molecule has 17 heavy (non-hydrogen) atoms. The van der Waals surface area contributed by atoms with Gasteiger partial charge in [0.25, 0.3) is 0 Å². The van der Waals surface area contributed by atoms with Crippen LogP contribution >= 0.6 is 0 Å². The summed E-state index contributed by atoms with van der Waals surface area (Å²) in [5.41, 5.74) is 0. The summed E-state index contributed by atoms with van der Waals surface area (Å²) in [7, 11) is 0. The molecule has 0 saturated heterocycles. The second kappa shape index (κ2) is 10.1. The zero-order chi connectivity index (χ0) is 13.1. The molecule has 0 radical (unpaired) electrons. The highest BCUT2D eigenvalue weighted by molar-refractivity contribution is 5.80. The van der Waals surface area contributed by atoms with Gasteiger partial charge in [0.1, 0.15) is 6.54 Å². The number of amides is 1. The summed E-state index contributed by atoms with van der Waals surface area (Å²) in [5, 5.41) is 10.8. The lowest BCUT2D eigenvalue weighted by Crippen LogP contribution is -2.31. The normalized spacial score (nSPS) is 10.5. The van der Waals surface area contributed by atoms with E-state index in [-0.39, 0.29) is 12.5 Å². The smallest absolute Gasteiger partial charge is 0.322 e. The predicted molar refractivity (Wildman–Crippen MR) is 66.9 cm³/mol. The van der Waals surface area contributed by atoms with Crippen LogP contribution in [-0.2, 0) is 9.59 Å². The Labute approximate surface area is 103 Å². The number of nitrogens with zero attached hydrogens (tertiary/aromatic N) is 1. The van der Waals surface area contributed by atoms with Gasteiger partial charge in [-0.2, -0.15) is 0 Å². The molecule has 0 saturated carbocycles. The quantitative estimate of drug-likeness (QED) is 0.603. The van der Waals surface area contributed by atoms with Crippen molar-refractivity contribution in [3.63, 3.8) is 0 Å². The molecule has 0 heterocycles. The summed E-state index contributed by atoms with van der Waals surface area (Å²) in [6.07, 6.45) is 3.42. The van der Waals surface area contributed by atoms with Crippen molar-refractivity contribution in [1.29, 1.82) is 0 Å². The Balaban J connectivity index is 3.64. The van der Waals surface area contributed by atoms with E-state index in [1.807, 2.05) is 0 Å². The van der Waals surface area contributed by atoms with Gasteiger partial charge in [0.15, 0.2) is 0 Å². The molecule has 0 atom stereocenters. The minimum Gasteiger partial charge on any atom is -0.480 e. The van der Waals surface area contributed by atoms with E-state index in [9.17, 15) is 9.59 Å². The van der Waals surface area contributed by atoms with Crippen molar-refractivity contribution in [2.24, 2.45) is 0 Å². The van der Waals surface area contributed by atoms with E-state index in [2.05, 4.69) is 24.1 Å². The van der Waals surface area contributed by atoms with Gasteiger partial charge in [0.2, 0.25) is 5.91 Å². The number of aliphatic carboxylic acids is 1. The molecule has 0 aromatic rings. The summed E-state index contributed by atoms with van der Waals surface area (Å²) in [6, 6.07) is 0. The minimum absolute atomic E-state index is 0.180. The van der Waals surface area contributed by atoms with E-state index in [1.165, 1.54) is 0 Å². The Bertz CT molecular complexity index is 226. The van der Waals surface area contributed by atoms with Crippen LogP contribution in [-0.4, -0.2) is 48.1 Å². The molecule has 0 aromatic heterocycles. The van der Waals surface area contributed by atoms with E-state index >= 15 is 0 Å². The molecule has 1 amide bonds. The van der Waals surface area contributed by atoms with Crippen molar-refractivity contribution in [2.45, 2.75) is 39.5 Å². The fraction of sp³-hybridized carbons (Fsp3) is 0.833. The molecule has 100 valence electrons. The summed E-state index contributed by atoms with van der Waals surface area (Å²) in [5.74, 6) is -1.18. The highest BCUT2D eigenvalue weighted by atomic mass is 16.4. The van der Waals surface area contributed by atoms with E-state index < -0.39 is 5.97 Å². The number of rotatable bonds is 10. The molecule has 0 aliphatic carbocycles. The lowest BCUT2D eigenvalue weighted by atomic mass is 10.2. The zero-order valence-electron chi connectivity index (χ0n) is 10.9. The molecule has 2 N–H and O–H groups in total.